The first-order valence-corrected chi connectivity index (χ1v) is 6.62. The van der Waals surface area contributed by atoms with Gasteiger partial charge in [-0.1, -0.05) is 13.0 Å². The Labute approximate surface area is 113 Å². The highest BCUT2D eigenvalue weighted by molar-refractivity contribution is 6.04. The quantitative estimate of drug-likeness (QED) is 0.868. The molecule has 0 atom stereocenters. The Morgan fingerprint density at radius 2 is 2.16 bits per heavy atom. The molecule has 0 fully saturated rings. The Morgan fingerprint density at radius 3 is 2.74 bits per heavy atom. The van der Waals surface area contributed by atoms with Crippen LogP contribution in [0.25, 0.3) is 10.9 Å². The normalized spacial score (nSPS) is 11.4. The van der Waals surface area contributed by atoms with Crippen LogP contribution >= 0.6 is 0 Å². The maximum absolute atomic E-state index is 11.4. The van der Waals surface area contributed by atoms with Crippen molar-refractivity contribution in [1.82, 2.24) is 9.88 Å². The monoisotopic (exact) mass is 260 g/mol. The van der Waals surface area contributed by atoms with Crippen molar-refractivity contribution in [2.75, 3.05) is 6.54 Å². The molecule has 0 unspecified atom stereocenters. The summed E-state index contributed by atoms with van der Waals surface area (Å²) in [7, 11) is 0. The first-order chi connectivity index (χ1) is 9.06. The van der Waals surface area contributed by atoms with Gasteiger partial charge in [0.15, 0.2) is 0 Å². The van der Waals surface area contributed by atoms with E-state index in [0.29, 0.717) is 18.2 Å². The van der Waals surface area contributed by atoms with Crippen LogP contribution in [-0.4, -0.2) is 22.2 Å². The minimum Gasteiger partial charge on any atom is -0.478 e. The van der Waals surface area contributed by atoms with Crippen LogP contribution < -0.4 is 5.32 Å². The van der Waals surface area contributed by atoms with Gasteiger partial charge in [-0.25, -0.2) is 4.79 Å². The molecule has 2 aromatic rings. The van der Waals surface area contributed by atoms with Gasteiger partial charge in [0.2, 0.25) is 0 Å². The molecule has 1 heterocycles. The summed E-state index contributed by atoms with van der Waals surface area (Å²) in [6.45, 7) is 7.80. The SMILES string of the molecule is CCNCc1cn(C(C)C)c2cccc(C(=O)O)c12. The highest BCUT2D eigenvalue weighted by Gasteiger charge is 2.16. The van der Waals surface area contributed by atoms with Crippen molar-refractivity contribution in [3.63, 3.8) is 0 Å². The van der Waals surface area contributed by atoms with Crippen molar-refractivity contribution in [2.45, 2.75) is 33.4 Å². The van der Waals surface area contributed by atoms with Crippen molar-refractivity contribution in [3.05, 3.63) is 35.5 Å². The van der Waals surface area contributed by atoms with Crippen LogP contribution in [0.5, 0.6) is 0 Å². The lowest BCUT2D eigenvalue weighted by Gasteiger charge is -2.09. The topological polar surface area (TPSA) is 54.3 Å². The van der Waals surface area contributed by atoms with E-state index < -0.39 is 5.97 Å². The number of nitrogens with zero attached hydrogens (tertiary/aromatic N) is 1. The number of aromatic nitrogens is 1. The number of carboxylic acid groups (broad SMARTS) is 1. The van der Waals surface area contributed by atoms with Gasteiger partial charge in [-0.3, -0.25) is 0 Å². The van der Waals surface area contributed by atoms with Crippen LogP contribution in [-0.2, 0) is 6.54 Å². The average molecular weight is 260 g/mol. The molecular weight excluding hydrogens is 240 g/mol. The van der Waals surface area contributed by atoms with Crippen LogP contribution in [0.3, 0.4) is 0 Å². The minimum atomic E-state index is -0.871. The van der Waals surface area contributed by atoms with Gasteiger partial charge in [0.25, 0.3) is 0 Å². The van der Waals surface area contributed by atoms with Crippen molar-refractivity contribution < 1.29 is 9.90 Å². The van der Waals surface area contributed by atoms with Crippen LogP contribution in [0.15, 0.2) is 24.4 Å². The summed E-state index contributed by atoms with van der Waals surface area (Å²) >= 11 is 0. The Bertz CT molecular complexity index is 599. The first-order valence-electron chi connectivity index (χ1n) is 6.62. The lowest BCUT2D eigenvalue weighted by atomic mass is 10.1. The van der Waals surface area contributed by atoms with Crippen LogP contribution in [0.4, 0.5) is 0 Å². The van der Waals surface area contributed by atoms with Gasteiger partial charge < -0.3 is 15.0 Å². The smallest absolute Gasteiger partial charge is 0.336 e. The first kappa shape index (κ1) is 13.6. The maximum atomic E-state index is 11.4. The van der Waals surface area contributed by atoms with Gasteiger partial charge >= 0.3 is 5.97 Å². The Hall–Kier alpha value is -1.81. The molecular formula is C15H20N2O2. The third-order valence-electron chi connectivity index (χ3n) is 3.29. The van der Waals surface area contributed by atoms with E-state index in [1.807, 2.05) is 19.1 Å². The largest absolute Gasteiger partial charge is 0.478 e. The van der Waals surface area contributed by atoms with Crippen LogP contribution in [0.2, 0.25) is 0 Å². The second-order valence-electron chi connectivity index (χ2n) is 4.94. The predicted octanol–water partition coefficient (Wildman–Crippen LogP) is 3.03. The number of nitrogens with one attached hydrogen (secondary N) is 1. The summed E-state index contributed by atoms with van der Waals surface area (Å²) in [6, 6.07) is 5.77. The second kappa shape index (κ2) is 5.45. The van der Waals surface area contributed by atoms with Crippen LogP contribution in [0, 0.1) is 0 Å². The third kappa shape index (κ3) is 2.49. The number of fused-ring (bicyclic) bond motifs is 1. The van der Waals surface area contributed by atoms with Gasteiger partial charge in [0.1, 0.15) is 0 Å². The van der Waals surface area contributed by atoms with Crippen molar-refractivity contribution >= 4 is 16.9 Å². The number of benzene rings is 1. The van der Waals surface area contributed by atoms with Gasteiger partial charge in [0.05, 0.1) is 5.56 Å². The fourth-order valence-corrected chi connectivity index (χ4v) is 2.39. The molecule has 4 nitrogen and oxygen atoms in total. The third-order valence-corrected chi connectivity index (χ3v) is 3.29. The fraction of sp³-hybridized carbons (Fsp3) is 0.400. The second-order valence-corrected chi connectivity index (χ2v) is 4.94. The van der Waals surface area contributed by atoms with E-state index in [1.165, 1.54) is 0 Å². The van der Waals surface area contributed by atoms with E-state index in [9.17, 15) is 9.90 Å². The van der Waals surface area contributed by atoms with Crippen molar-refractivity contribution in [1.29, 1.82) is 0 Å². The number of aromatic carboxylic acids is 1. The zero-order valence-electron chi connectivity index (χ0n) is 11.6. The lowest BCUT2D eigenvalue weighted by Crippen LogP contribution is -2.12. The standard InChI is InChI=1S/C15H20N2O2/c1-4-16-8-11-9-17(10(2)3)13-7-5-6-12(14(11)13)15(18)19/h5-7,9-10,16H,4,8H2,1-3H3,(H,18,19). The molecule has 0 radical (unpaired) electrons. The molecule has 1 aromatic heterocycles. The predicted molar refractivity (Wildman–Crippen MR) is 76.7 cm³/mol. The van der Waals surface area contributed by atoms with E-state index in [4.69, 9.17) is 0 Å². The molecule has 19 heavy (non-hydrogen) atoms. The molecule has 1 aromatic carbocycles. The molecule has 4 heteroatoms. The summed E-state index contributed by atoms with van der Waals surface area (Å²) in [5.41, 5.74) is 2.41. The molecule has 0 aliphatic heterocycles. The number of hydrogen-bond donors (Lipinski definition) is 2. The number of hydrogen-bond acceptors (Lipinski definition) is 2. The zero-order chi connectivity index (χ0) is 14.0. The average Bonchev–Trinajstić information content (AvgIpc) is 2.75. The minimum absolute atomic E-state index is 0.307. The molecule has 0 aliphatic rings. The van der Waals surface area contributed by atoms with E-state index in [0.717, 1.165) is 23.0 Å². The van der Waals surface area contributed by atoms with Gasteiger partial charge in [-0.2, -0.15) is 0 Å². The van der Waals surface area contributed by atoms with Crippen molar-refractivity contribution in [3.8, 4) is 0 Å². The molecule has 0 amide bonds. The molecule has 0 aliphatic carbocycles. The molecule has 0 saturated carbocycles. The molecule has 0 saturated heterocycles. The van der Waals surface area contributed by atoms with Crippen LogP contribution in [0.1, 0.15) is 42.7 Å². The molecule has 2 N–H and O–H groups in total. The highest BCUT2D eigenvalue weighted by Crippen LogP contribution is 2.28. The van der Waals surface area contributed by atoms with Crippen molar-refractivity contribution in [2.24, 2.45) is 0 Å². The number of rotatable bonds is 5. The Balaban J connectivity index is 2.68. The van der Waals surface area contributed by atoms with E-state index in [-0.39, 0.29) is 0 Å². The molecule has 2 rings (SSSR count). The molecule has 102 valence electrons. The number of carboxylic acids is 1. The highest BCUT2D eigenvalue weighted by atomic mass is 16.4. The summed E-state index contributed by atoms with van der Waals surface area (Å²) in [5.74, 6) is -0.871. The van der Waals surface area contributed by atoms with E-state index in [1.54, 1.807) is 6.07 Å². The van der Waals surface area contributed by atoms with Gasteiger partial charge in [-0.05, 0) is 38.1 Å². The van der Waals surface area contributed by atoms with E-state index in [2.05, 4.69) is 29.9 Å². The summed E-state index contributed by atoms with van der Waals surface area (Å²) < 4.78 is 2.13. The lowest BCUT2D eigenvalue weighted by molar-refractivity contribution is 0.0699. The summed E-state index contributed by atoms with van der Waals surface area (Å²) in [5, 5.41) is 13.5. The van der Waals surface area contributed by atoms with Gasteiger partial charge in [0, 0.05) is 29.7 Å². The fourth-order valence-electron chi connectivity index (χ4n) is 2.39. The molecule has 0 spiro atoms. The van der Waals surface area contributed by atoms with E-state index >= 15 is 0 Å². The maximum Gasteiger partial charge on any atom is 0.336 e. The summed E-state index contributed by atoms with van der Waals surface area (Å²) in [4.78, 5) is 11.4. The zero-order valence-corrected chi connectivity index (χ0v) is 11.6. The Kier molecular flexibility index (Phi) is 3.90. The Morgan fingerprint density at radius 1 is 1.42 bits per heavy atom. The van der Waals surface area contributed by atoms with Gasteiger partial charge in [-0.15, -0.1) is 0 Å². The molecule has 0 bridgehead atoms. The number of carbonyl (C=O) groups is 1. The summed E-state index contributed by atoms with van der Waals surface area (Å²) in [6.07, 6.45) is 2.06.